The highest BCUT2D eigenvalue weighted by Crippen LogP contribution is 2.23. The minimum Gasteiger partial charge on any atom is -0.352 e. The molecule has 2 atom stereocenters. The van der Waals surface area contributed by atoms with E-state index < -0.39 is 6.04 Å². The van der Waals surface area contributed by atoms with Gasteiger partial charge >= 0.3 is 0 Å². The maximum atomic E-state index is 13.4. The average Bonchev–Trinajstić information content (AvgIpc) is 2.78. The Morgan fingerprint density at radius 2 is 1.64 bits per heavy atom. The number of benzene rings is 2. The maximum Gasteiger partial charge on any atom is 0.243 e. The first-order chi connectivity index (χ1) is 15.6. The molecule has 1 N–H and O–H groups in total. The van der Waals surface area contributed by atoms with Gasteiger partial charge in [-0.2, -0.15) is 0 Å². The molecule has 0 saturated carbocycles. The normalized spacial score (nSPS) is 13.3. The summed E-state index contributed by atoms with van der Waals surface area (Å²) in [6.07, 6.45) is 2.35. The van der Waals surface area contributed by atoms with Crippen molar-refractivity contribution < 1.29 is 9.59 Å². The maximum absolute atomic E-state index is 13.4. The highest BCUT2D eigenvalue weighted by molar-refractivity contribution is 6.31. The lowest BCUT2D eigenvalue weighted by molar-refractivity contribution is -0.141. The molecule has 0 bridgehead atoms. The summed E-state index contributed by atoms with van der Waals surface area (Å²) in [7, 11) is 0. The van der Waals surface area contributed by atoms with Crippen molar-refractivity contribution >= 4 is 23.4 Å². The van der Waals surface area contributed by atoms with Crippen LogP contribution in [0.25, 0.3) is 0 Å². The first-order valence-corrected chi connectivity index (χ1v) is 12.4. The van der Waals surface area contributed by atoms with E-state index in [2.05, 4.69) is 50.4 Å². The van der Waals surface area contributed by atoms with E-state index in [1.54, 1.807) is 4.90 Å². The fourth-order valence-corrected chi connectivity index (χ4v) is 3.93. The van der Waals surface area contributed by atoms with E-state index in [0.29, 0.717) is 30.8 Å². The Hall–Kier alpha value is -2.33. The zero-order valence-electron chi connectivity index (χ0n) is 21.0. The van der Waals surface area contributed by atoms with Crippen LogP contribution in [0, 0.1) is 0 Å². The Labute approximate surface area is 204 Å². The summed E-state index contributed by atoms with van der Waals surface area (Å²) < 4.78 is 0. The number of aryl methyl sites for hydroxylation is 1. The van der Waals surface area contributed by atoms with Crippen molar-refractivity contribution in [1.29, 1.82) is 0 Å². The van der Waals surface area contributed by atoms with Crippen LogP contribution in [0.1, 0.15) is 77.5 Å². The van der Waals surface area contributed by atoms with Crippen LogP contribution in [0.15, 0.2) is 48.5 Å². The van der Waals surface area contributed by atoms with Crippen molar-refractivity contribution in [2.45, 2.75) is 91.3 Å². The van der Waals surface area contributed by atoms with E-state index in [1.165, 1.54) is 5.56 Å². The van der Waals surface area contributed by atoms with Crippen LogP contribution >= 0.6 is 11.6 Å². The Morgan fingerprint density at radius 3 is 2.18 bits per heavy atom. The van der Waals surface area contributed by atoms with Crippen molar-refractivity contribution in [2.75, 3.05) is 0 Å². The Bertz CT molecular complexity index is 918. The van der Waals surface area contributed by atoms with Crippen molar-refractivity contribution in [3.05, 3.63) is 70.2 Å². The van der Waals surface area contributed by atoms with Crippen molar-refractivity contribution in [2.24, 2.45) is 0 Å². The van der Waals surface area contributed by atoms with Gasteiger partial charge in [0.25, 0.3) is 0 Å². The van der Waals surface area contributed by atoms with Gasteiger partial charge in [-0.3, -0.25) is 9.59 Å². The molecule has 0 heterocycles. The molecule has 2 rings (SSSR count). The zero-order valence-corrected chi connectivity index (χ0v) is 21.7. The Kier molecular flexibility index (Phi) is 9.97. The minimum absolute atomic E-state index is 0.0408. The average molecular weight is 471 g/mol. The van der Waals surface area contributed by atoms with E-state index in [4.69, 9.17) is 11.6 Å². The topological polar surface area (TPSA) is 49.4 Å². The zero-order chi connectivity index (χ0) is 24.6. The van der Waals surface area contributed by atoms with Crippen molar-refractivity contribution in [1.82, 2.24) is 10.2 Å². The molecule has 33 heavy (non-hydrogen) atoms. The van der Waals surface area contributed by atoms with Crippen LogP contribution in [0.2, 0.25) is 5.02 Å². The van der Waals surface area contributed by atoms with Crippen LogP contribution < -0.4 is 5.32 Å². The van der Waals surface area contributed by atoms with E-state index in [-0.39, 0.29) is 23.3 Å². The molecule has 2 unspecified atom stereocenters. The molecule has 4 nitrogen and oxygen atoms in total. The summed E-state index contributed by atoms with van der Waals surface area (Å²) >= 11 is 6.39. The number of rotatable bonds is 10. The number of nitrogens with zero attached hydrogens (tertiary/aromatic N) is 1. The van der Waals surface area contributed by atoms with Gasteiger partial charge in [0, 0.05) is 24.0 Å². The molecule has 0 radical (unpaired) electrons. The molecular formula is C28H39ClN2O2. The molecule has 0 aliphatic rings. The summed E-state index contributed by atoms with van der Waals surface area (Å²) in [6, 6.07) is 15.5. The predicted octanol–water partition coefficient (Wildman–Crippen LogP) is 6.29. The number of hydrogen-bond donors (Lipinski definition) is 1. The SMILES string of the molecule is CCC(C)NC(=O)C(CC)N(Cc1ccccc1Cl)C(=O)CCc1ccc(C(C)(C)C)cc1. The van der Waals surface area contributed by atoms with Crippen LogP contribution in [0.5, 0.6) is 0 Å². The second-order valence-electron chi connectivity index (χ2n) is 9.80. The van der Waals surface area contributed by atoms with Gasteiger partial charge in [0.2, 0.25) is 11.8 Å². The van der Waals surface area contributed by atoms with Gasteiger partial charge in [0.15, 0.2) is 0 Å². The Morgan fingerprint density at radius 1 is 1.00 bits per heavy atom. The molecule has 5 heteroatoms. The fourth-order valence-electron chi connectivity index (χ4n) is 3.74. The molecule has 2 aromatic rings. The quantitative estimate of drug-likeness (QED) is 0.443. The van der Waals surface area contributed by atoms with Gasteiger partial charge < -0.3 is 10.2 Å². The van der Waals surface area contributed by atoms with Crippen LogP contribution in [-0.4, -0.2) is 28.8 Å². The smallest absolute Gasteiger partial charge is 0.243 e. The summed E-state index contributed by atoms with van der Waals surface area (Å²) in [4.78, 5) is 28.2. The minimum atomic E-state index is -0.536. The number of nitrogens with one attached hydrogen (secondary N) is 1. The summed E-state index contributed by atoms with van der Waals surface area (Å²) in [5, 5.41) is 3.65. The number of carbonyl (C=O) groups is 2. The molecule has 0 aromatic heterocycles. The highest BCUT2D eigenvalue weighted by Gasteiger charge is 2.29. The Balaban J connectivity index is 2.21. The van der Waals surface area contributed by atoms with Crippen LogP contribution in [0.4, 0.5) is 0 Å². The van der Waals surface area contributed by atoms with Gasteiger partial charge in [0.05, 0.1) is 0 Å². The van der Waals surface area contributed by atoms with Gasteiger partial charge in [-0.05, 0) is 54.4 Å². The third kappa shape index (κ3) is 7.89. The summed E-state index contributed by atoms with van der Waals surface area (Å²) in [6.45, 7) is 12.8. The molecule has 2 amide bonds. The lowest BCUT2D eigenvalue weighted by Gasteiger charge is -2.32. The monoisotopic (exact) mass is 470 g/mol. The standard InChI is InChI=1S/C28H39ClN2O2/c1-7-20(3)30-27(33)25(8-2)31(19-22-11-9-10-12-24(22)29)26(32)18-15-21-13-16-23(17-14-21)28(4,5)6/h9-14,16-17,20,25H,7-8,15,18-19H2,1-6H3,(H,30,33). The largest absolute Gasteiger partial charge is 0.352 e. The van der Waals surface area contributed by atoms with Crippen molar-refractivity contribution in [3.63, 3.8) is 0 Å². The van der Waals surface area contributed by atoms with E-state index >= 15 is 0 Å². The lowest BCUT2D eigenvalue weighted by atomic mass is 9.86. The molecular weight excluding hydrogens is 432 g/mol. The third-order valence-electron chi connectivity index (χ3n) is 6.13. The van der Waals surface area contributed by atoms with E-state index in [0.717, 1.165) is 17.5 Å². The van der Waals surface area contributed by atoms with Gasteiger partial charge in [0.1, 0.15) is 6.04 Å². The molecule has 0 aliphatic heterocycles. The summed E-state index contributed by atoms with van der Waals surface area (Å²) in [5.74, 6) is -0.150. The number of amides is 2. The first-order valence-electron chi connectivity index (χ1n) is 12.0. The number of carbonyl (C=O) groups excluding carboxylic acids is 2. The van der Waals surface area contributed by atoms with Crippen molar-refractivity contribution in [3.8, 4) is 0 Å². The molecule has 0 spiro atoms. The summed E-state index contributed by atoms with van der Waals surface area (Å²) in [5.41, 5.74) is 3.32. The number of halogens is 1. The van der Waals surface area contributed by atoms with E-state index in [9.17, 15) is 9.59 Å². The van der Waals surface area contributed by atoms with Crippen LogP contribution in [-0.2, 0) is 28.0 Å². The van der Waals surface area contributed by atoms with Gasteiger partial charge in [-0.15, -0.1) is 0 Å². The second-order valence-corrected chi connectivity index (χ2v) is 10.2. The van der Waals surface area contributed by atoms with E-state index in [1.807, 2.05) is 45.0 Å². The lowest BCUT2D eigenvalue weighted by Crippen LogP contribution is -2.50. The van der Waals surface area contributed by atoms with Gasteiger partial charge in [-0.1, -0.05) is 88.7 Å². The van der Waals surface area contributed by atoms with Gasteiger partial charge in [-0.25, -0.2) is 0 Å². The second kappa shape index (κ2) is 12.2. The molecule has 2 aromatic carbocycles. The predicted molar refractivity (Wildman–Crippen MR) is 137 cm³/mol. The first kappa shape index (κ1) is 26.9. The highest BCUT2D eigenvalue weighted by atomic mass is 35.5. The van der Waals surface area contributed by atoms with Crippen LogP contribution in [0.3, 0.4) is 0 Å². The molecule has 0 aliphatic carbocycles. The molecule has 0 saturated heterocycles. The fraction of sp³-hybridized carbons (Fsp3) is 0.500. The molecule has 180 valence electrons. The third-order valence-corrected chi connectivity index (χ3v) is 6.50. The number of hydrogen-bond acceptors (Lipinski definition) is 2. The molecule has 0 fully saturated rings.